The van der Waals surface area contributed by atoms with Gasteiger partial charge in [-0.15, -0.1) is 12.6 Å². The van der Waals surface area contributed by atoms with Gasteiger partial charge in [-0.2, -0.15) is 0 Å². The zero-order valence-corrected chi connectivity index (χ0v) is 10.9. The molecule has 0 unspecified atom stereocenters. The van der Waals surface area contributed by atoms with Crippen molar-refractivity contribution in [2.75, 3.05) is 0 Å². The van der Waals surface area contributed by atoms with Crippen LogP contribution in [0.4, 0.5) is 0 Å². The van der Waals surface area contributed by atoms with Crippen molar-refractivity contribution in [3.05, 3.63) is 46.2 Å². The Balaban J connectivity index is 2.29. The van der Waals surface area contributed by atoms with Gasteiger partial charge < -0.3 is 9.67 Å². The molecule has 1 aromatic carbocycles. The predicted molar refractivity (Wildman–Crippen MR) is 68.6 cm³/mol. The van der Waals surface area contributed by atoms with E-state index in [9.17, 15) is 0 Å². The SMILES string of the molecule is OCc1cnc(S)n1Cc1cccc(Br)c1. The van der Waals surface area contributed by atoms with E-state index in [-0.39, 0.29) is 6.61 Å². The van der Waals surface area contributed by atoms with Gasteiger partial charge in [-0.1, -0.05) is 28.1 Å². The highest BCUT2D eigenvalue weighted by molar-refractivity contribution is 9.10. The molecule has 2 aromatic rings. The van der Waals surface area contributed by atoms with Crippen molar-refractivity contribution >= 4 is 28.6 Å². The van der Waals surface area contributed by atoms with E-state index in [0.717, 1.165) is 15.7 Å². The van der Waals surface area contributed by atoms with Gasteiger partial charge in [0.2, 0.25) is 0 Å². The molecule has 0 atom stereocenters. The molecule has 3 nitrogen and oxygen atoms in total. The summed E-state index contributed by atoms with van der Waals surface area (Å²) in [7, 11) is 0. The number of rotatable bonds is 3. The standard InChI is InChI=1S/C11H11BrN2OS/c12-9-3-1-2-8(4-9)6-14-10(7-15)5-13-11(14)16/h1-5,15H,6-7H2,(H,13,16). The molecular formula is C11H11BrN2OS. The lowest BCUT2D eigenvalue weighted by molar-refractivity contribution is 0.270. The summed E-state index contributed by atoms with van der Waals surface area (Å²) in [6.07, 6.45) is 1.64. The molecule has 84 valence electrons. The van der Waals surface area contributed by atoms with Gasteiger partial charge in [0.1, 0.15) is 0 Å². The smallest absolute Gasteiger partial charge is 0.165 e. The lowest BCUT2D eigenvalue weighted by Crippen LogP contribution is -2.04. The zero-order chi connectivity index (χ0) is 11.5. The number of halogens is 1. The summed E-state index contributed by atoms with van der Waals surface area (Å²) in [6, 6.07) is 8.02. The Kier molecular flexibility index (Phi) is 3.68. The lowest BCUT2D eigenvalue weighted by atomic mass is 10.2. The van der Waals surface area contributed by atoms with Crippen LogP contribution in [0.3, 0.4) is 0 Å². The number of imidazole rings is 1. The van der Waals surface area contributed by atoms with E-state index in [1.54, 1.807) is 6.20 Å². The van der Waals surface area contributed by atoms with Crippen LogP contribution in [0.25, 0.3) is 0 Å². The van der Waals surface area contributed by atoms with Gasteiger partial charge in [0.25, 0.3) is 0 Å². The van der Waals surface area contributed by atoms with Crippen LogP contribution in [-0.2, 0) is 13.2 Å². The lowest BCUT2D eigenvalue weighted by Gasteiger charge is -2.08. The Labute approximate surface area is 108 Å². The minimum atomic E-state index is -0.0262. The number of aromatic nitrogens is 2. The van der Waals surface area contributed by atoms with E-state index in [4.69, 9.17) is 5.11 Å². The van der Waals surface area contributed by atoms with Crippen LogP contribution in [0.2, 0.25) is 0 Å². The maximum atomic E-state index is 9.16. The number of benzene rings is 1. The molecule has 0 bridgehead atoms. The quantitative estimate of drug-likeness (QED) is 0.855. The molecule has 0 fully saturated rings. The molecule has 0 aliphatic rings. The van der Waals surface area contributed by atoms with Crippen molar-refractivity contribution in [1.82, 2.24) is 9.55 Å². The fraction of sp³-hybridized carbons (Fsp3) is 0.182. The molecule has 0 aliphatic heterocycles. The van der Waals surface area contributed by atoms with Crippen molar-refractivity contribution in [1.29, 1.82) is 0 Å². The first kappa shape index (κ1) is 11.7. The number of aliphatic hydroxyl groups excluding tert-OH is 1. The van der Waals surface area contributed by atoms with Crippen LogP contribution < -0.4 is 0 Å². The van der Waals surface area contributed by atoms with E-state index >= 15 is 0 Å². The maximum Gasteiger partial charge on any atom is 0.165 e. The number of hydrogen-bond donors (Lipinski definition) is 2. The second-order valence-corrected chi connectivity index (χ2v) is 4.74. The minimum absolute atomic E-state index is 0.0262. The van der Waals surface area contributed by atoms with Crippen molar-refractivity contribution in [3.63, 3.8) is 0 Å². The average Bonchev–Trinajstić information content (AvgIpc) is 2.60. The zero-order valence-electron chi connectivity index (χ0n) is 8.47. The first-order valence-corrected chi connectivity index (χ1v) is 6.03. The fourth-order valence-corrected chi connectivity index (χ4v) is 2.22. The molecule has 0 saturated heterocycles. The molecule has 0 amide bonds. The molecule has 2 rings (SSSR count). The van der Waals surface area contributed by atoms with Gasteiger partial charge in [-0.05, 0) is 17.7 Å². The normalized spacial score (nSPS) is 10.7. The molecule has 5 heteroatoms. The van der Waals surface area contributed by atoms with Crippen molar-refractivity contribution in [2.45, 2.75) is 18.3 Å². The Hall–Kier alpha value is -0.780. The van der Waals surface area contributed by atoms with Crippen LogP contribution in [0, 0.1) is 0 Å². The van der Waals surface area contributed by atoms with E-state index in [1.165, 1.54) is 0 Å². The summed E-state index contributed by atoms with van der Waals surface area (Å²) in [4.78, 5) is 4.06. The molecule has 1 aromatic heterocycles. The first-order chi connectivity index (χ1) is 7.70. The number of hydrogen-bond acceptors (Lipinski definition) is 3. The Morgan fingerprint density at radius 3 is 2.94 bits per heavy atom. The highest BCUT2D eigenvalue weighted by atomic mass is 79.9. The Bertz CT molecular complexity index is 498. The third-order valence-electron chi connectivity index (χ3n) is 2.31. The van der Waals surface area contributed by atoms with Crippen molar-refractivity contribution in [3.8, 4) is 0 Å². The molecular weight excluding hydrogens is 288 g/mol. The van der Waals surface area contributed by atoms with Crippen LogP contribution in [-0.4, -0.2) is 14.7 Å². The summed E-state index contributed by atoms with van der Waals surface area (Å²) in [6.45, 7) is 0.635. The van der Waals surface area contributed by atoms with Crippen LogP contribution in [0.5, 0.6) is 0 Å². The summed E-state index contributed by atoms with van der Waals surface area (Å²) in [5.74, 6) is 0. The fourth-order valence-electron chi connectivity index (χ4n) is 1.52. The molecule has 0 radical (unpaired) electrons. The number of aliphatic hydroxyl groups is 1. The average molecular weight is 299 g/mol. The highest BCUT2D eigenvalue weighted by Gasteiger charge is 2.06. The molecule has 16 heavy (non-hydrogen) atoms. The van der Waals surface area contributed by atoms with Crippen molar-refractivity contribution in [2.24, 2.45) is 0 Å². The number of thiol groups is 1. The van der Waals surface area contributed by atoms with Crippen LogP contribution in [0.15, 0.2) is 40.1 Å². The molecule has 0 spiro atoms. The van der Waals surface area contributed by atoms with Gasteiger partial charge >= 0.3 is 0 Å². The van der Waals surface area contributed by atoms with Crippen molar-refractivity contribution < 1.29 is 5.11 Å². The molecule has 1 N–H and O–H groups in total. The van der Waals surface area contributed by atoms with E-state index in [1.807, 2.05) is 28.8 Å². The van der Waals surface area contributed by atoms with Gasteiger partial charge in [0, 0.05) is 11.0 Å². The summed E-state index contributed by atoms with van der Waals surface area (Å²) in [5, 5.41) is 9.78. The summed E-state index contributed by atoms with van der Waals surface area (Å²) < 4.78 is 2.92. The summed E-state index contributed by atoms with van der Waals surface area (Å²) >= 11 is 7.68. The predicted octanol–water partition coefficient (Wildman–Crippen LogP) is 2.47. The molecule has 0 saturated carbocycles. The molecule has 1 heterocycles. The first-order valence-electron chi connectivity index (χ1n) is 4.79. The number of nitrogens with zero attached hydrogens (tertiary/aromatic N) is 2. The third-order valence-corrected chi connectivity index (χ3v) is 3.16. The maximum absolute atomic E-state index is 9.16. The van der Waals surface area contributed by atoms with E-state index in [2.05, 4.69) is 33.5 Å². The molecule has 0 aliphatic carbocycles. The van der Waals surface area contributed by atoms with Gasteiger partial charge in [0.15, 0.2) is 5.16 Å². The van der Waals surface area contributed by atoms with Crippen LogP contribution in [0.1, 0.15) is 11.3 Å². The van der Waals surface area contributed by atoms with E-state index in [0.29, 0.717) is 11.7 Å². The second-order valence-electron chi connectivity index (χ2n) is 3.42. The van der Waals surface area contributed by atoms with Gasteiger partial charge in [-0.3, -0.25) is 0 Å². The van der Waals surface area contributed by atoms with Crippen LogP contribution >= 0.6 is 28.6 Å². The summed E-state index contributed by atoms with van der Waals surface area (Å²) in [5.41, 5.74) is 1.90. The second kappa shape index (κ2) is 5.03. The minimum Gasteiger partial charge on any atom is -0.390 e. The Morgan fingerprint density at radius 1 is 1.44 bits per heavy atom. The monoisotopic (exact) mass is 298 g/mol. The van der Waals surface area contributed by atoms with Gasteiger partial charge in [-0.25, -0.2) is 4.98 Å². The largest absolute Gasteiger partial charge is 0.390 e. The topological polar surface area (TPSA) is 38.1 Å². The highest BCUT2D eigenvalue weighted by Crippen LogP contribution is 2.16. The Morgan fingerprint density at radius 2 is 2.25 bits per heavy atom. The van der Waals surface area contributed by atoms with E-state index < -0.39 is 0 Å². The third kappa shape index (κ3) is 2.48. The van der Waals surface area contributed by atoms with Gasteiger partial charge in [0.05, 0.1) is 18.5 Å².